The average molecular weight is 314 g/mol. The minimum Gasteiger partial charge on any atom is -0.481 e. The fraction of sp³-hybridized carbons (Fsp3) is 0.467. The van der Waals surface area contributed by atoms with Gasteiger partial charge in [-0.25, -0.2) is 4.39 Å². The first-order valence-corrected chi connectivity index (χ1v) is 7.24. The molecule has 0 saturated heterocycles. The lowest BCUT2D eigenvalue weighted by Gasteiger charge is -2.26. The van der Waals surface area contributed by atoms with Crippen molar-refractivity contribution in [3.63, 3.8) is 0 Å². The summed E-state index contributed by atoms with van der Waals surface area (Å²) >= 11 is 5.73. The average Bonchev–Trinajstić information content (AvgIpc) is 2.74. The molecule has 4 nitrogen and oxygen atoms in total. The van der Waals surface area contributed by atoms with Crippen LogP contribution in [0.2, 0.25) is 5.02 Å². The van der Waals surface area contributed by atoms with Crippen LogP contribution in [-0.4, -0.2) is 17.0 Å². The summed E-state index contributed by atoms with van der Waals surface area (Å²) in [5.41, 5.74) is -0.194. The SMILES string of the molecule is O=C(O)CC1(CC(=O)Nc2cc(F)cc(Cl)c2)CCCC1. The predicted molar refractivity (Wildman–Crippen MR) is 77.8 cm³/mol. The fourth-order valence-electron chi connectivity index (χ4n) is 3.03. The molecule has 0 radical (unpaired) electrons. The smallest absolute Gasteiger partial charge is 0.303 e. The summed E-state index contributed by atoms with van der Waals surface area (Å²) in [6, 6.07) is 3.80. The van der Waals surface area contributed by atoms with Gasteiger partial charge in [0.2, 0.25) is 5.91 Å². The highest BCUT2D eigenvalue weighted by molar-refractivity contribution is 6.30. The zero-order valence-corrected chi connectivity index (χ0v) is 12.3. The highest BCUT2D eigenvalue weighted by atomic mass is 35.5. The molecule has 0 atom stereocenters. The quantitative estimate of drug-likeness (QED) is 0.868. The van der Waals surface area contributed by atoms with Crippen molar-refractivity contribution in [2.45, 2.75) is 38.5 Å². The summed E-state index contributed by atoms with van der Waals surface area (Å²) in [5, 5.41) is 11.8. The normalized spacial score (nSPS) is 16.7. The molecule has 0 unspecified atom stereocenters. The van der Waals surface area contributed by atoms with Crippen LogP contribution in [0.1, 0.15) is 38.5 Å². The fourth-order valence-corrected chi connectivity index (χ4v) is 3.26. The molecule has 0 aliphatic heterocycles. The second kappa shape index (κ2) is 6.43. The second-order valence-electron chi connectivity index (χ2n) is 5.66. The van der Waals surface area contributed by atoms with Gasteiger partial charge in [-0.2, -0.15) is 0 Å². The number of carboxylic acid groups (broad SMARTS) is 1. The maximum Gasteiger partial charge on any atom is 0.303 e. The molecule has 2 rings (SSSR count). The monoisotopic (exact) mass is 313 g/mol. The van der Waals surface area contributed by atoms with Gasteiger partial charge in [-0.05, 0) is 36.5 Å². The standard InChI is InChI=1S/C15H17ClFNO3/c16-10-5-11(17)7-12(6-10)18-13(19)8-15(9-14(20)21)3-1-2-4-15/h5-7H,1-4,8-9H2,(H,18,19)(H,20,21). The number of benzene rings is 1. The Hall–Kier alpha value is -1.62. The molecular weight excluding hydrogens is 297 g/mol. The number of amides is 1. The minimum atomic E-state index is -0.890. The van der Waals surface area contributed by atoms with Crippen molar-refractivity contribution in [1.82, 2.24) is 0 Å². The highest BCUT2D eigenvalue weighted by Crippen LogP contribution is 2.44. The molecule has 1 saturated carbocycles. The molecule has 1 fully saturated rings. The molecule has 21 heavy (non-hydrogen) atoms. The van der Waals surface area contributed by atoms with E-state index in [0.29, 0.717) is 0 Å². The van der Waals surface area contributed by atoms with Gasteiger partial charge in [-0.15, -0.1) is 0 Å². The van der Waals surface area contributed by atoms with Gasteiger partial charge in [0.1, 0.15) is 5.82 Å². The Morgan fingerprint density at radius 3 is 2.48 bits per heavy atom. The van der Waals surface area contributed by atoms with E-state index in [9.17, 15) is 14.0 Å². The van der Waals surface area contributed by atoms with E-state index in [1.165, 1.54) is 12.1 Å². The minimum absolute atomic E-state index is 0.00960. The van der Waals surface area contributed by atoms with Crippen LogP contribution >= 0.6 is 11.6 Å². The van der Waals surface area contributed by atoms with E-state index in [0.717, 1.165) is 31.7 Å². The van der Waals surface area contributed by atoms with E-state index < -0.39 is 17.2 Å². The van der Waals surface area contributed by atoms with Gasteiger partial charge in [-0.1, -0.05) is 24.4 Å². The number of halogens is 2. The molecule has 114 valence electrons. The van der Waals surface area contributed by atoms with Gasteiger partial charge in [0.15, 0.2) is 0 Å². The number of carbonyl (C=O) groups excluding carboxylic acids is 1. The summed E-state index contributed by atoms with van der Waals surface area (Å²) in [6.45, 7) is 0. The summed E-state index contributed by atoms with van der Waals surface area (Å²) in [4.78, 5) is 23.1. The van der Waals surface area contributed by atoms with Crippen molar-refractivity contribution >= 4 is 29.2 Å². The van der Waals surface area contributed by atoms with Crippen LogP contribution in [0.25, 0.3) is 0 Å². The molecule has 0 bridgehead atoms. The first kappa shape index (κ1) is 15.8. The Morgan fingerprint density at radius 1 is 1.24 bits per heavy atom. The highest BCUT2D eigenvalue weighted by Gasteiger charge is 2.37. The number of carbonyl (C=O) groups is 2. The Morgan fingerprint density at radius 2 is 1.90 bits per heavy atom. The van der Waals surface area contributed by atoms with E-state index in [1.807, 2.05) is 0 Å². The molecule has 1 aromatic rings. The van der Waals surface area contributed by atoms with Crippen LogP contribution in [0.5, 0.6) is 0 Å². The summed E-state index contributed by atoms with van der Waals surface area (Å²) in [5.74, 6) is -1.72. The third-order valence-corrected chi connectivity index (χ3v) is 4.09. The lowest BCUT2D eigenvalue weighted by Crippen LogP contribution is -2.27. The Labute approximate surface area is 127 Å². The van der Waals surface area contributed by atoms with Crippen molar-refractivity contribution in [3.05, 3.63) is 29.0 Å². The molecule has 1 aromatic carbocycles. The van der Waals surface area contributed by atoms with E-state index in [-0.39, 0.29) is 29.5 Å². The lowest BCUT2D eigenvalue weighted by atomic mass is 9.79. The number of carboxylic acids is 1. The van der Waals surface area contributed by atoms with E-state index in [1.54, 1.807) is 0 Å². The van der Waals surface area contributed by atoms with E-state index in [2.05, 4.69) is 5.32 Å². The molecular formula is C15H17ClFNO3. The van der Waals surface area contributed by atoms with Gasteiger partial charge in [0.05, 0.1) is 6.42 Å². The van der Waals surface area contributed by atoms with Gasteiger partial charge < -0.3 is 10.4 Å². The molecule has 0 aromatic heterocycles. The Bertz CT molecular complexity index is 536. The number of aliphatic carboxylic acids is 1. The third-order valence-electron chi connectivity index (χ3n) is 3.87. The van der Waals surface area contributed by atoms with Gasteiger partial charge in [0.25, 0.3) is 0 Å². The summed E-state index contributed by atoms with van der Waals surface area (Å²) in [7, 11) is 0. The number of rotatable bonds is 5. The van der Waals surface area contributed by atoms with Crippen molar-refractivity contribution in [1.29, 1.82) is 0 Å². The zero-order valence-electron chi connectivity index (χ0n) is 11.5. The number of anilines is 1. The largest absolute Gasteiger partial charge is 0.481 e. The van der Waals surface area contributed by atoms with Crippen molar-refractivity contribution in [3.8, 4) is 0 Å². The van der Waals surface area contributed by atoms with E-state index in [4.69, 9.17) is 16.7 Å². The predicted octanol–water partition coefficient (Wildman–Crippen LogP) is 3.84. The number of nitrogens with one attached hydrogen (secondary N) is 1. The summed E-state index contributed by atoms with van der Waals surface area (Å²) < 4.78 is 13.2. The van der Waals surface area contributed by atoms with Crippen LogP contribution < -0.4 is 5.32 Å². The van der Waals surface area contributed by atoms with Crippen molar-refractivity contribution in [2.75, 3.05) is 5.32 Å². The van der Waals surface area contributed by atoms with Gasteiger partial charge in [-0.3, -0.25) is 9.59 Å². The maximum atomic E-state index is 13.2. The summed E-state index contributed by atoms with van der Waals surface area (Å²) in [6.07, 6.45) is 3.46. The first-order chi connectivity index (χ1) is 9.88. The second-order valence-corrected chi connectivity index (χ2v) is 6.10. The molecule has 6 heteroatoms. The first-order valence-electron chi connectivity index (χ1n) is 6.86. The van der Waals surface area contributed by atoms with Crippen molar-refractivity contribution in [2.24, 2.45) is 5.41 Å². The molecule has 2 N–H and O–H groups in total. The van der Waals surface area contributed by atoms with Gasteiger partial charge in [0, 0.05) is 17.1 Å². The van der Waals surface area contributed by atoms with Crippen LogP contribution in [0.15, 0.2) is 18.2 Å². The lowest BCUT2D eigenvalue weighted by molar-refractivity contribution is -0.140. The zero-order chi connectivity index (χ0) is 15.5. The Balaban J connectivity index is 2.04. The Kier molecular flexibility index (Phi) is 4.83. The molecule has 1 amide bonds. The topological polar surface area (TPSA) is 66.4 Å². The van der Waals surface area contributed by atoms with Crippen LogP contribution in [-0.2, 0) is 9.59 Å². The van der Waals surface area contributed by atoms with Gasteiger partial charge >= 0.3 is 5.97 Å². The molecule has 0 spiro atoms. The molecule has 1 aliphatic rings. The number of hydrogen-bond donors (Lipinski definition) is 2. The number of hydrogen-bond acceptors (Lipinski definition) is 2. The molecule has 1 aliphatic carbocycles. The molecule has 0 heterocycles. The third kappa shape index (κ3) is 4.43. The maximum absolute atomic E-state index is 13.2. The van der Waals surface area contributed by atoms with Crippen LogP contribution in [0, 0.1) is 11.2 Å². The van der Waals surface area contributed by atoms with Crippen LogP contribution in [0.3, 0.4) is 0 Å². The van der Waals surface area contributed by atoms with E-state index >= 15 is 0 Å². The van der Waals surface area contributed by atoms with Crippen LogP contribution in [0.4, 0.5) is 10.1 Å². The van der Waals surface area contributed by atoms with Crippen molar-refractivity contribution < 1.29 is 19.1 Å².